The monoisotopic (exact) mass is 496 g/mol. The lowest BCUT2D eigenvalue weighted by Gasteiger charge is -2.20. The molecule has 190 valence electrons. The summed E-state index contributed by atoms with van der Waals surface area (Å²) >= 11 is 0. The van der Waals surface area contributed by atoms with Crippen LogP contribution in [0.25, 0.3) is 0 Å². The Kier molecular flexibility index (Phi) is 7.56. The van der Waals surface area contributed by atoms with Gasteiger partial charge in [-0.05, 0) is 53.8 Å². The summed E-state index contributed by atoms with van der Waals surface area (Å²) in [6.45, 7) is 4.74. The van der Waals surface area contributed by atoms with Crippen LogP contribution in [0.5, 0.6) is 11.5 Å². The Labute approximate surface area is 218 Å². The summed E-state index contributed by atoms with van der Waals surface area (Å²) in [5.74, 6) is 0.635. The van der Waals surface area contributed by atoms with Crippen LogP contribution in [-0.4, -0.2) is 10.9 Å². The van der Waals surface area contributed by atoms with Crippen molar-refractivity contribution in [3.63, 3.8) is 0 Å². The Morgan fingerprint density at radius 3 is 1.59 bits per heavy atom. The summed E-state index contributed by atoms with van der Waals surface area (Å²) in [5, 5.41) is 9.45. The summed E-state index contributed by atoms with van der Waals surface area (Å²) in [5.41, 5.74) is 4.92. The summed E-state index contributed by atoms with van der Waals surface area (Å²) < 4.78 is 25.2. The molecule has 5 nitrogen and oxygen atoms in total. The summed E-state index contributed by atoms with van der Waals surface area (Å²) in [7, 11) is 0. The third-order valence-electron chi connectivity index (χ3n) is 6.31. The molecule has 1 aliphatic rings. The molecule has 5 rings (SSSR count). The van der Waals surface area contributed by atoms with Gasteiger partial charge in [-0.2, -0.15) is 0 Å². The lowest BCUT2D eigenvalue weighted by atomic mass is 9.97. The number of benzene rings is 4. The number of rotatable bonds is 9. The summed E-state index contributed by atoms with van der Waals surface area (Å²) in [4.78, 5) is 0. The van der Waals surface area contributed by atoms with Crippen LogP contribution in [0, 0.1) is 0 Å². The Balaban J connectivity index is 1.45. The van der Waals surface area contributed by atoms with E-state index in [1.165, 1.54) is 0 Å². The van der Waals surface area contributed by atoms with Gasteiger partial charge in [0.15, 0.2) is 5.79 Å². The predicted molar refractivity (Wildman–Crippen MR) is 142 cm³/mol. The second-order valence-electron chi connectivity index (χ2n) is 9.66. The van der Waals surface area contributed by atoms with Crippen molar-refractivity contribution in [3.05, 3.63) is 131 Å². The van der Waals surface area contributed by atoms with Crippen LogP contribution in [0.15, 0.2) is 103 Å². The Morgan fingerprint density at radius 2 is 1.11 bits per heavy atom. The van der Waals surface area contributed by atoms with Gasteiger partial charge in [0.2, 0.25) is 0 Å². The molecule has 0 bridgehead atoms. The second-order valence-corrected chi connectivity index (χ2v) is 9.66. The lowest BCUT2D eigenvalue weighted by molar-refractivity contribution is -0.147. The van der Waals surface area contributed by atoms with Crippen LogP contribution in [0.3, 0.4) is 0 Å². The zero-order valence-electron chi connectivity index (χ0n) is 21.2. The van der Waals surface area contributed by atoms with Crippen LogP contribution in [-0.2, 0) is 29.3 Å². The van der Waals surface area contributed by atoms with Gasteiger partial charge in [-0.15, -0.1) is 0 Å². The quantitative estimate of drug-likeness (QED) is 0.273. The average molecular weight is 497 g/mol. The first kappa shape index (κ1) is 25.0. The molecule has 1 N–H and O–H groups in total. The van der Waals surface area contributed by atoms with E-state index in [4.69, 9.17) is 18.9 Å². The Hall–Kier alpha value is -3.64. The van der Waals surface area contributed by atoms with E-state index in [1.807, 2.05) is 117 Å². The SMILES string of the molecule is CC1(C)O[C@H](c2cc(OCc3ccccc3)cc(OCc3ccccc3)c2)[C@H](c2ccc(CO)cc2)O1. The minimum atomic E-state index is -0.767. The van der Waals surface area contributed by atoms with Crippen LogP contribution in [0.4, 0.5) is 0 Å². The highest BCUT2D eigenvalue weighted by Crippen LogP contribution is 2.48. The average Bonchev–Trinajstić information content (AvgIpc) is 3.27. The zero-order chi connectivity index (χ0) is 25.7. The predicted octanol–water partition coefficient (Wildman–Crippen LogP) is 6.90. The highest BCUT2D eigenvalue weighted by atomic mass is 16.8. The number of aliphatic hydroxyl groups is 1. The third kappa shape index (κ3) is 6.38. The fourth-order valence-corrected chi connectivity index (χ4v) is 4.47. The summed E-state index contributed by atoms with van der Waals surface area (Å²) in [6, 6.07) is 33.9. The van der Waals surface area contributed by atoms with Crippen molar-refractivity contribution >= 4 is 0 Å². The summed E-state index contributed by atoms with van der Waals surface area (Å²) in [6.07, 6.45) is -0.691. The molecule has 1 saturated heterocycles. The minimum Gasteiger partial charge on any atom is -0.489 e. The van der Waals surface area contributed by atoms with Crippen LogP contribution in [0.1, 0.15) is 53.9 Å². The molecule has 0 saturated carbocycles. The molecular formula is C32H32O5. The van der Waals surface area contributed by atoms with Crippen LogP contribution in [0.2, 0.25) is 0 Å². The van der Waals surface area contributed by atoms with E-state index in [1.54, 1.807) is 0 Å². The third-order valence-corrected chi connectivity index (χ3v) is 6.31. The largest absolute Gasteiger partial charge is 0.489 e. The van der Waals surface area contributed by atoms with Gasteiger partial charge in [-0.1, -0.05) is 84.9 Å². The van der Waals surface area contributed by atoms with E-state index in [0.717, 1.165) is 27.8 Å². The molecule has 0 aromatic heterocycles. The molecule has 0 unspecified atom stereocenters. The first-order chi connectivity index (χ1) is 18.0. The Bertz CT molecular complexity index is 1220. The van der Waals surface area contributed by atoms with Gasteiger partial charge in [0.25, 0.3) is 0 Å². The zero-order valence-corrected chi connectivity index (χ0v) is 21.2. The number of ether oxygens (including phenoxy) is 4. The van der Waals surface area contributed by atoms with E-state index in [-0.39, 0.29) is 18.8 Å². The van der Waals surface area contributed by atoms with Gasteiger partial charge in [-0.25, -0.2) is 0 Å². The van der Waals surface area contributed by atoms with Crippen molar-refractivity contribution in [2.75, 3.05) is 0 Å². The van der Waals surface area contributed by atoms with E-state index < -0.39 is 5.79 Å². The van der Waals surface area contributed by atoms with Crippen LogP contribution >= 0.6 is 0 Å². The number of hydrogen-bond acceptors (Lipinski definition) is 5. The van der Waals surface area contributed by atoms with E-state index in [9.17, 15) is 5.11 Å². The van der Waals surface area contributed by atoms with Gasteiger partial charge in [0, 0.05) is 6.07 Å². The molecule has 0 radical (unpaired) electrons. The molecule has 4 aromatic carbocycles. The fourth-order valence-electron chi connectivity index (χ4n) is 4.47. The normalized spacial score (nSPS) is 18.5. The van der Waals surface area contributed by atoms with E-state index >= 15 is 0 Å². The fraction of sp³-hybridized carbons (Fsp3) is 0.250. The van der Waals surface area contributed by atoms with Crippen molar-refractivity contribution in [3.8, 4) is 11.5 Å². The van der Waals surface area contributed by atoms with Crippen LogP contribution < -0.4 is 9.47 Å². The molecule has 0 amide bonds. The van der Waals surface area contributed by atoms with Crippen molar-refractivity contribution in [2.24, 2.45) is 0 Å². The minimum absolute atomic E-state index is 0.000136. The van der Waals surface area contributed by atoms with E-state index in [0.29, 0.717) is 24.7 Å². The van der Waals surface area contributed by atoms with Crippen molar-refractivity contribution in [1.29, 1.82) is 0 Å². The molecule has 2 atom stereocenters. The van der Waals surface area contributed by atoms with Gasteiger partial charge in [-0.3, -0.25) is 0 Å². The van der Waals surface area contributed by atoms with Gasteiger partial charge >= 0.3 is 0 Å². The van der Waals surface area contributed by atoms with Crippen molar-refractivity contribution < 1.29 is 24.1 Å². The molecule has 5 heteroatoms. The molecular weight excluding hydrogens is 464 g/mol. The standard InChI is InChI=1S/C32H32O5/c1-32(2)36-30(26-15-13-23(20-33)14-16-26)31(37-32)27-17-28(34-21-24-9-5-3-6-10-24)19-29(18-27)35-22-25-11-7-4-8-12-25/h3-19,30-31,33H,20-22H2,1-2H3/t30-,31+/m0/s1. The molecule has 37 heavy (non-hydrogen) atoms. The maximum absolute atomic E-state index is 9.45. The number of aliphatic hydroxyl groups excluding tert-OH is 1. The maximum Gasteiger partial charge on any atom is 0.164 e. The Morgan fingerprint density at radius 1 is 0.622 bits per heavy atom. The highest BCUT2D eigenvalue weighted by Gasteiger charge is 2.43. The smallest absolute Gasteiger partial charge is 0.164 e. The molecule has 0 spiro atoms. The van der Waals surface area contributed by atoms with Gasteiger partial charge in [0.1, 0.15) is 36.9 Å². The molecule has 0 aliphatic carbocycles. The first-order valence-electron chi connectivity index (χ1n) is 12.5. The van der Waals surface area contributed by atoms with Gasteiger partial charge in [0.05, 0.1) is 6.61 Å². The molecule has 1 aliphatic heterocycles. The maximum atomic E-state index is 9.45. The first-order valence-corrected chi connectivity index (χ1v) is 12.5. The van der Waals surface area contributed by atoms with Crippen molar-refractivity contribution in [2.45, 2.75) is 51.7 Å². The van der Waals surface area contributed by atoms with Crippen molar-refractivity contribution in [1.82, 2.24) is 0 Å². The van der Waals surface area contributed by atoms with E-state index in [2.05, 4.69) is 0 Å². The molecule has 1 fully saturated rings. The van der Waals surface area contributed by atoms with Gasteiger partial charge < -0.3 is 24.1 Å². The molecule has 1 heterocycles. The topological polar surface area (TPSA) is 57.2 Å². The lowest BCUT2D eigenvalue weighted by Crippen LogP contribution is -2.20. The number of hydrogen-bond donors (Lipinski definition) is 1. The highest BCUT2D eigenvalue weighted by molar-refractivity contribution is 5.41. The molecule has 4 aromatic rings. The second kappa shape index (κ2) is 11.2.